The van der Waals surface area contributed by atoms with Crippen LogP contribution in [0.3, 0.4) is 0 Å². The number of nitro benzene ring substituents is 1. The average molecular weight is 191 g/mol. The lowest BCUT2D eigenvalue weighted by atomic mass is 10.1. The number of rotatable bonds is 2. The Morgan fingerprint density at radius 1 is 1.57 bits per heavy atom. The number of carbonyl (C=O) groups excluding carboxylic acids is 1. The molecule has 0 spiro atoms. The Bertz CT molecular complexity index is 448. The van der Waals surface area contributed by atoms with E-state index in [-0.39, 0.29) is 16.8 Å². The lowest BCUT2D eigenvalue weighted by molar-refractivity contribution is -0.384. The smallest absolute Gasteiger partial charge is 0.270 e. The summed E-state index contributed by atoms with van der Waals surface area (Å²) in [6, 6.07) is 5.04. The Morgan fingerprint density at radius 2 is 2.21 bits per heavy atom. The Balaban J connectivity index is 3.37. The standard InChI is InChI=1S/C8H5N3O3/c9-4-5-1-2-6(11(13)14)3-7(5)8(10)12/h1-3H,(H2,10,12). The summed E-state index contributed by atoms with van der Waals surface area (Å²) < 4.78 is 0. The van der Waals surface area contributed by atoms with Crippen LogP contribution < -0.4 is 5.73 Å². The second kappa shape index (κ2) is 3.53. The molecule has 1 amide bonds. The van der Waals surface area contributed by atoms with Gasteiger partial charge in [0.05, 0.1) is 22.1 Å². The van der Waals surface area contributed by atoms with E-state index in [1.807, 2.05) is 0 Å². The van der Waals surface area contributed by atoms with Crippen LogP contribution in [0, 0.1) is 21.4 Å². The number of amides is 1. The summed E-state index contributed by atoms with van der Waals surface area (Å²) in [6.45, 7) is 0. The number of hydrogen-bond acceptors (Lipinski definition) is 4. The summed E-state index contributed by atoms with van der Waals surface area (Å²) in [5.41, 5.74) is 4.57. The molecule has 0 heterocycles. The van der Waals surface area contributed by atoms with Crippen molar-refractivity contribution < 1.29 is 9.72 Å². The molecule has 0 saturated carbocycles. The molecule has 0 aliphatic heterocycles. The van der Waals surface area contributed by atoms with Gasteiger partial charge in [0.15, 0.2) is 0 Å². The van der Waals surface area contributed by atoms with Crippen molar-refractivity contribution >= 4 is 11.6 Å². The van der Waals surface area contributed by atoms with Gasteiger partial charge in [-0.3, -0.25) is 14.9 Å². The first kappa shape index (κ1) is 9.67. The van der Waals surface area contributed by atoms with Crippen molar-refractivity contribution in [2.45, 2.75) is 0 Å². The predicted molar refractivity (Wildman–Crippen MR) is 46.3 cm³/mol. The molecule has 6 heteroatoms. The highest BCUT2D eigenvalue weighted by atomic mass is 16.6. The van der Waals surface area contributed by atoms with Gasteiger partial charge < -0.3 is 5.73 Å². The zero-order valence-corrected chi connectivity index (χ0v) is 6.93. The van der Waals surface area contributed by atoms with Gasteiger partial charge in [-0.15, -0.1) is 0 Å². The van der Waals surface area contributed by atoms with Crippen molar-refractivity contribution in [1.29, 1.82) is 5.26 Å². The molecule has 1 aromatic rings. The maximum absolute atomic E-state index is 10.8. The van der Waals surface area contributed by atoms with Gasteiger partial charge in [-0.1, -0.05) is 0 Å². The number of nitro groups is 1. The first-order valence-electron chi connectivity index (χ1n) is 3.54. The molecule has 6 nitrogen and oxygen atoms in total. The van der Waals surface area contributed by atoms with E-state index in [9.17, 15) is 14.9 Å². The number of benzene rings is 1. The second-order valence-electron chi connectivity index (χ2n) is 2.46. The summed E-state index contributed by atoms with van der Waals surface area (Å²) in [5, 5.41) is 18.9. The summed E-state index contributed by atoms with van der Waals surface area (Å²) in [4.78, 5) is 20.5. The van der Waals surface area contributed by atoms with E-state index < -0.39 is 10.8 Å². The number of hydrogen-bond donors (Lipinski definition) is 1. The number of nitrogens with two attached hydrogens (primary N) is 1. The molecule has 0 radical (unpaired) electrons. The molecule has 1 aromatic carbocycles. The summed E-state index contributed by atoms with van der Waals surface area (Å²) in [5.74, 6) is -0.856. The van der Waals surface area contributed by atoms with Crippen LogP contribution in [-0.2, 0) is 0 Å². The fourth-order valence-corrected chi connectivity index (χ4v) is 0.947. The fraction of sp³-hybridized carbons (Fsp3) is 0. The molecule has 0 aromatic heterocycles. The Morgan fingerprint density at radius 3 is 2.64 bits per heavy atom. The van der Waals surface area contributed by atoms with Gasteiger partial charge in [-0.25, -0.2) is 0 Å². The minimum atomic E-state index is -0.856. The number of nitriles is 1. The molecule has 70 valence electrons. The third-order valence-electron chi connectivity index (χ3n) is 1.60. The van der Waals surface area contributed by atoms with Crippen molar-refractivity contribution in [2.24, 2.45) is 5.73 Å². The SMILES string of the molecule is N#Cc1ccc([N+](=O)[O-])cc1C(N)=O. The predicted octanol–water partition coefficient (Wildman–Crippen LogP) is 0.565. The maximum atomic E-state index is 10.8. The molecule has 2 N–H and O–H groups in total. The van der Waals surface area contributed by atoms with Gasteiger partial charge in [0.25, 0.3) is 5.69 Å². The lowest BCUT2D eigenvalue weighted by Gasteiger charge is -1.97. The van der Waals surface area contributed by atoms with Crippen LogP contribution in [-0.4, -0.2) is 10.8 Å². The van der Waals surface area contributed by atoms with Crippen molar-refractivity contribution in [3.63, 3.8) is 0 Å². The molecule has 0 atom stereocenters. The lowest BCUT2D eigenvalue weighted by Crippen LogP contribution is -2.13. The van der Waals surface area contributed by atoms with Gasteiger partial charge in [-0.2, -0.15) is 5.26 Å². The average Bonchev–Trinajstić information content (AvgIpc) is 2.16. The van der Waals surface area contributed by atoms with E-state index in [0.29, 0.717) is 0 Å². The second-order valence-corrected chi connectivity index (χ2v) is 2.46. The van der Waals surface area contributed by atoms with E-state index >= 15 is 0 Å². The molecule has 0 fully saturated rings. The number of carbonyl (C=O) groups is 1. The van der Waals surface area contributed by atoms with E-state index in [1.165, 1.54) is 6.07 Å². The molecule has 1 rings (SSSR count). The van der Waals surface area contributed by atoms with Gasteiger partial charge in [0.2, 0.25) is 5.91 Å². The first-order chi connectivity index (χ1) is 6.56. The monoisotopic (exact) mass is 191 g/mol. The highest BCUT2D eigenvalue weighted by Crippen LogP contribution is 2.16. The van der Waals surface area contributed by atoms with Crippen molar-refractivity contribution in [1.82, 2.24) is 0 Å². The normalized spacial score (nSPS) is 9.07. The summed E-state index contributed by atoms with van der Waals surface area (Å²) >= 11 is 0. The Labute approximate surface area is 78.7 Å². The van der Waals surface area contributed by atoms with E-state index in [4.69, 9.17) is 11.0 Å². The largest absolute Gasteiger partial charge is 0.366 e. The molecule has 0 aliphatic rings. The molecule has 0 saturated heterocycles. The third kappa shape index (κ3) is 1.67. The topological polar surface area (TPSA) is 110 Å². The van der Waals surface area contributed by atoms with Crippen LogP contribution in [0.4, 0.5) is 5.69 Å². The van der Waals surface area contributed by atoms with E-state index in [0.717, 1.165) is 12.1 Å². The van der Waals surface area contributed by atoms with Gasteiger partial charge in [0.1, 0.15) is 0 Å². The van der Waals surface area contributed by atoms with E-state index in [2.05, 4.69) is 0 Å². The van der Waals surface area contributed by atoms with Crippen LogP contribution in [0.2, 0.25) is 0 Å². The Kier molecular flexibility index (Phi) is 2.44. The molecule has 0 bridgehead atoms. The van der Waals surface area contributed by atoms with Gasteiger partial charge in [-0.05, 0) is 6.07 Å². The quantitative estimate of drug-likeness (QED) is 0.543. The Hall–Kier alpha value is -2.42. The van der Waals surface area contributed by atoms with Crippen LogP contribution >= 0.6 is 0 Å². The van der Waals surface area contributed by atoms with Crippen LogP contribution in [0.25, 0.3) is 0 Å². The van der Waals surface area contributed by atoms with E-state index in [1.54, 1.807) is 6.07 Å². The van der Waals surface area contributed by atoms with Crippen LogP contribution in [0.5, 0.6) is 0 Å². The minimum absolute atomic E-state index is 0.0306. The zero-order chi connectivity index (χ0) is 10.7. The van der Waals surface area contributed by atoms with Crippen LogP contribution in [0.15, 0.2) is 18.2 Å². The zero-order valence-electron chi connectivity index (χ0n) is 6.93. The molecule has 14 heavy (non-hydrogen) atoms. The number of nitrogens with zero attached hydrogens (tertiary/aromatic N) is 2. The number of non-ortho nitro benzene ring substituents is 1. The first-order valence-corrected chi connectivity index (χ1v) is 3.54. The molecular formula is C8H5N3O3. The number of primary amides is 1. The molecule has 0 aliphatic carbocycles. The van der Waals surface area contributed by atoms with Crippen molar-refractivity contribution in [3.05, 3.63) is 39.4 Å². The fourth-order valence-electron chi connectivity index (χ4n) is 0.947. The van der Waals surface area contributed by atoms with Crippen molar-refractivity contribution in [2.75, 3.05) is 0 Å². The van der Waals surface area contributed by atoms with Crippen LogP contribution in [0.1, 0.15) is 15.9 Å². The van der Waals surface area contributed by atoms with Gasteiger partial charge in [0, 0.05) is 12.1 Å². The minimum Gasteiger partial charge on any atom is -0.366 e. The highest BCUT2D eigenvalue weighted by Gasteiger charge is 2.13. The van der Waals surface area contributed by atoms with Gasteiger partial charge >= 0.3 is 0 Å². The summed E-state index contributed by atoms with van der Waals surface area (Å²) in [7, 11) is 0. The summed E-state index contributed by atoms with van der Waals surface area (Å²) in [6.07, 6.45) is 0. The molecular weight excluding hydrogens is 186 g/mol. The molecule has 0 unspecified atom stereocenters. The maximum Gasteiger partial charge on any atom is 0.270 e. The third-order valence-corrected chi connectivity index (χ3v) is 1.60. The highest BCUT2D eigenvalue weighted by molar-refractivity contribution is 5.95. The van der Waals surface area contributed by atoms with Crippen molar-refractivity contribution in [3.8, 4) is 6.07 Å².